The van der Waals surface area contributed by atoms with Crippen molar-refractivity contribution in [2.24, 2.45) is 5.73 Å². The van der Waals surface area contributed by atoms with Gasteiger partial charge in [0.1, 0.15) is 0 Å². The molecule has 0 aliphatic carbocycles. The summed E-state index contributed by atoms with van der Waals surface area (Å²) in [6.07, 6.45) is -0.168. The van der Waals surface area contributed by atoms with Crippen molar-refractivity contribution in [3.05, 3.63) is 0 Å². The van der Waals surface area contributed by atoms with Crippen molar-refractivity contribution in [2.45, 2.75) is 6.10 Å². The van der Waals surface area contributed by atoms with Crippen LogP contribution < -0.4 is 5.73 Å². The number of aliphatic hydroxyl groups is 1. The van der Waals surface area contributed by atoms with E-state index in [1.54, 1.807) is 0 Å². The van der Waals surface area contributed by atoms with Crippen LogP contribution in [-0.4, -0.2) is 54.9 Å². The largest absolute Gasteiger partial charge is 0.394 e. The van der Waals surface area contributed by atoms with Crippen molar-refractivity contribution in [3.63, 3.8) is 0 Å². The van der Waals surface area contributed by atoms with Crippen molar-refractivity contribution < 1.29 is 14.6 Å². The summed E-state index contributed by atoms with van der Waals surface area (Å²) >= 11 is 0. The maximum Gasteiger partial charge on any atom is 0.231 e. The van der Waals surface area contributed by atoms with Gasteiger partial charge in [-0.25, -0.2) is 0 Å². The Morgan fingerprint density at radius 3 is 3.08 bits per heavy atom. The minimum Gasteiger partial charge on any atom is -0.394 e. The number of carbonyl (C=O) groups excluding carboxylic acids is 1. The first-order valence-electron chi connectivity index (χ1n) is 3.95. The lowest BCUT2D eigenvalue weighted by Crippen LogP contribution is -2.47. The van der Waals surface area contributed by atoms with Gasteiger partial charge in [-0.2, -0.15) is 0 Å². The van der Waals surface area contributed by atoms with E-state index in [4.69, 9.17) is 15.6 Å². The Morgan fingerprint density at radius 2 is 2.50 bits per heavy atom. The van der Waals surface area contributed by atoms with E-state index < -0.39 is 0 Å². The van der Waals surface area contributed by atoms with Crippen molar-refractivity contribution in [2.75, 3.05) is 32.8 Å². The first kappa shape index (κ1) is 9.44. The maximum absolute atomic E-state index is 10.5. The van der Waals surface area contributed by atoms with Crippen molar-refractivity contribution in [1.29, 1.82) is 0 Å². The molecular weight excluding hydrogens is 160 g/mol. The quantitative estimate of drug-likeness (QED) is 0.527. The SMILES string of the molecule is NC(=O)CN1CCOC(CO)C1. The fourth-order valence-electron chi connectivity index (χ4n) is 1.25. The average molecular weight is 174 g/mol. The Hall–Kier alpha value is -0.650. The van der Waals surface area contributed by atoms with Crippen LogP contribution in [0.5, 0.6) is 0 Å². The van der Waals surface area contributed by atoms with Gasteiger partial charge in [0.15, 0.2) is 0 Å². The van der Waals surface area contributed by atoms with Crippen LogP contribution in [0.4, 0.5) is 0 Å². The molecule has 0 aromatic heterocycles. The molecule has 1 saturated heterocycles. The number of rotatable bonds is 3. The summed E-state index contributed by atoms with van der Waals surface area (Å²) < 4.78 is 5.20. The smallest absolute Gasteiger partial charge is 0.231 e. The van der Waals surface area contributed by atoms with Crippen molar-refractivity contribution in [1.82, 2.24) is 4.90 Å². The van der Waals surface area contributed by atoms with E-state index in [0.29, 0.717) is 19.7 Å². The molecule has 3 N–H and O–H groups in total. The molecule has 0 bridgehead atoms. The number of primary amides is 1. The number of carbonyl (C=O) groups is 1. The fourth-order valence-corrected chi connectivity index (χ4v) is 1.25. The normalized spacial score (nSPS) is 25.6. The van der Waals surface area contributed by atoms with E-state index in [1.165, 1.54) is 0 Å². The highest BCUT2D eigenvalue weighted by Gasteiger charge is 2.20. The van der Waals surface area contributed by atoms with E-state index in [1.807, 2.05) is 4.90 Å². The third kappa shape index (κ3) is 2.77. The zero-order valence-electron chi connectivity index (χ0n) is 6.90. The van der Waals surface area contributed by atoms with Gasteiger partial charge in [0.25, 0.3) is 0 Å². The maximum atomic E-state index is 10.5. The second-order valence-corrected chi connectivity index (χ2v) is 2.88. The molecule has 0 aromatic carbocycles. The van der Waals surface area contributed by atoms with E-state index >= 15 is 0 Å². The average Bonchev–Trinajstić information content (AvgIpc) is 2.03. The summed E-state index contributed by atoms with van der Waals surface area (Å²) in [5.41, 5.74) is 5.03. The van der Waals surface area contributed by atoms with Gasteiger partial charge in [-0.15, -0.1) is 0 Å². The lowest BCUT2D eigenvalue weighted by Gasteiger charge is -2.30. The van der Waals surface area contributed by atoms with Gasteiger partial charge < -0.3 is 15.6 Å². The molecule has 1 fully saturated rings. The van der Waals surface area contributed by atoms with Crippen LogP contribution in [0, 0.1) is 0 Å². The molecule has 5 nitrogen and oxygen atoms in total. The number of hydrogen-bond acceptors (Lipinski definition) is 4. The van der Waals surface area contributed by atoms with Gasteiger partial charge >= 0.3 is 0 Å². The number of ether oxygens (including phenoxy) is 1. The Bertz CT molecular complexity index is 163. The van der Waals surface area contributed by atoms with Crippen LogP contribution in [-0.2, 0) is 9.53 Å². The Morgan fingerprint density at radius 1 is 1.75 bits per heavy atom. The molecule has 0 spiro atoms. The molecule has 0 saturated carbocycles. The molecule has 12 heavy (non-hydrogen) atoms. The minimum absolute atomic E-state index is 0.00470. The fraction of sp³-hybridized carbons (Fsp3) is 0.857. The molecular formula is C7H14N2O3. The molecule has 1 atom stereocenters. The number of nitrogens with two attached hydrogens (primary N) is 1. The molecule has 70 valence electrons. The third-order valence-electron chi connectivity index (χ3n) is 1.81. The van der Waals surface area contributed by atoms with E-state index in [2.05, 4.69) is 0 Å². The van der Waals surface area contributed by atoms with Gasteiger partial charge in [-0.1, -0.05) is 0 Å². The van der Waals surface area contributed by atoms with E-state index in [9.17, 15) is 4.79 Å². The van der Waals surface area contributed by atoms with Crippen molar-refractivity contribution >= 4 is 5.91 Å². The van der Waals surface area contributed by atoms with Crippen LogP contribution in [0.15, 0.2) is 0 Å². The number of nitrogens with zero attached hydrogens (tertiary/aromatic N) is 1. The monoisotopic (exact) mass is 174 g/mol. The lowest BCUT2D eigenvalue weighted by atomic mass is 10.3. The molecule has 1 aliphatic heterocycles. The van der Waals surface area contributed by atoms with Crippen LogP contribution in [0.1, 0.15) is 0 Å². The standard InChI is InChI=1S/C7H14N2O3/c8-7(11)4-9-1-2-12-6(3-9)5-10/h6,10H,1-5H2,(H2,8,11). The van der Waals surface area contributed by atoms with Gasteiger partial charge in [0, 0.05) is 13.1 Å². The van der Waals surface area contributed by atoms with Crippen LogP contribution in [0.25, 0.3) is 0 Å². The van der Waals surface area contributed by atoms with E-state index in [-0.39, 0.29) is 25.2 Å². The number of morpholine rings is 1. The van der Waals surface area contributed by atoms with Crippen LogP contribution in [0.2, 0.25) is 0 Å². The highest BCUT2D eigenvalue weighted by Crippen LogP contribution is 2.03. The summed E-state index contributed by atoms with van der Waals surface area (Å²) in [4.78, 5) is 12.4. The number of amides is 1. The molecule has 1 amide bonds. The number of aliphatic hydroxyl groups excluding tert-OH is 1. The topological polar surface area (TPSA) is 75.8 Å². The third-order valence-corrected chi connectivity index (χ3v) is 1.81. The highest BCUT2D eigenvalue weighted by molar-refractivity contribution is 5.75. The van der Waals surface area contributed by atoms with Gasteiger partial charge in [-0.3, -0.25) is 9.69 Å². The predicted octanol–water partition coefficient (Wildman–Crippen LogP) is -1.84. The second kappa shape index (κ2) is 4.39. The van der Waals surface area contributed by atoms with Crippen LogP contribution in [0.3, 0.4) is 0 Å². The predicted molar refractivity (Wildman–Crippen MR) is 42.5 cm³/mol. The highest BCUT2D eigenvalue weighted by atomic mass is 16.5. The number of hydrogen-bond donors (Lipinski definition) is 2. The zero-order valence-corrected chi connectivity index (χ0v) is 6.90. The summed E-state index contributed by atoms with van der Waals surface area (Å²) in [7, 11) is 0. The molecule has 0 radical (unpaired) electrons. The molecule has 1 unspecified atom stereocenters. The van der Waals surface area contributed by atoms with Gasteiger partial charge in [0.05, 0.1) is 25.9 Å². The zero-order chi connectivity index (χ0) is 8.97. The minimum atomic E-state index is -0.339. The Kier molecular flexibility index (Phi) is 3.46. The first-order valence-corrected chi connectivity index (χ1v) is 3.95. The summed E-state index contributed by atoms with van der Waals surface area (Å²) in [6, 6.07) is 0. The Labute approximate surface area is 71.1 Å². The van der Waals surface area contributed by atoms with Crippen molar-refractivity contribution in [3.8, 4) is 0 Å². The second-order valence-electron chi connectivity index (χ2n) is 2.88. The molecule has 5 heteroatoms. The van der Waals surface area contributed by atoms with Gasteiger partial charge in [0.2, 0.25) is 5.91 Å². The molecule has 1 aliphatic rings. The summed E-state index contributed by atoms with van der Waals surface area (Å²) in [5.74, 6) is -0.339. The molecule has 0 aromatic rings. The Balaban J connectivity index is 2.30. The molecule has 1 heterocycles. The van der Waals surface area contributed by atoms with Gasteiger partial charge in [-0.05, 0) is 0 Å². The molecule has 1 rings (SSSR count). The lowest BCUT2D eigenvalue weighted by molar-refractivity contribution is -0.121. The summed E-state index contributed by atoms with van der Waals surface area (Å²) in [6.45, 7) is 2.09. The first-order chi connectivity index (χ1) is 5.72. The summed E-state index contributed by atoms with van der Waals surface area (Å²) in [5, 5.41) is 8.78. The van der Waals surface area contributed by atoms with E-state index in [0.717, 1.165) is 0 Å². The van der Waals surface area contributed by atoms with Crippen LogP contribution >= 0.6 is 0 Å².